The summed E-state index contributed by atoms with van der Waals surface area (Å²) in [5, 5.41) is 11.1. The number of nitrogens with one attached hydrogen (secondary N) is 1. The van der Waals surface area contributed by atoms with Gasteiger partial charge in [0, 0.05) is 50.1 Å². The van der Waals surface area contributed by atoms with Crippen LogP contribution in [0.1, 0.15) is 59.8 Å². The van der Waals surface area contributed by atoms with Gasteiger partial charge in [-0.15, -0.1) is 10.2 Å². The number of carbonyl (C=O) groups excluding carboxylic acids is 2. The van der Waals surface area contributed by atoms with E-state index in [0.29, 0.717) is 24.1 Å². The lowest BCUT2D eigenvalue weighted by molar-refractivity contribution is -0.120. The second kappa shape index (κ2) is 9.19. The van der Waals surface area contributed by atoms with E-state index in [1.807, 2.05) is 30.3 Å². The number of carbonyl (C=O) groups is 2. The molecule has 0 radical (unpaired) electrons. The van der Waals surface area contributed by atoms with E-state index in [2.05, 4.69) is 38.6 Å². The lowest BCUT2D eigenvalue weighted by Crippen LogP contribution is -2.58. The van der Waals surface area contributed by atoms with E-state index < -0.39 is 11.9 Å². The predicted octanol–water partition coefficient (Wildman–Crippen LogP) is 3.47. The highest BCUT2D eigenvalue weighted by Crippen LogP contribution is 2.52. The third-order valence-corrected chi connectivity index (χ3v) is 9.14. The number of ether oxygens (including phenoxy) is 1. The summed E-state index contributed by atoms with van der Waals surface area (Å²) in [6.07, 6.45) is 5.22. The molecule has 3 aliphatic heterocycles. The summed E-state index contributed by atoms with van der Waals surface area (Å²) in [6, 6.07) is 15.8. The molecule has 4 aliphatic rings. The molecular formula is C30H33N5O4. The quantitative estimate of drug-likeness (QED) is 0.542. The Morgan fingerprint density at radius 1 is 1.03 bits per heavy atom. The molecule has 7 rings (SSSR count). The number of anilines is 2. The van der Waals surface area contributed by atoms with E-state index >= 15 is 0 Å². The molecular weight excluding hydrogens is 494 g/mol. The van der Waals surface area contributed by atoms with Crippen molar-refractivity contribution in [2.24, 2.45) is 5.41 Å². The molecule has 0 bridgehead atoms. The smallest absolute Gasteiger partial charge is 0.309 e. The van der Waals surface area contributed by atoms with Crippen molar-refractivity contribution in [3.8, 4) is 0 Å². The summed E-state index contributed by atoms with van der Waals surface area (Å²) in [5.74, 6) is -0.312. The Morgan fingerprint density at radius 2 is 1.79 bits per heavy atom. The van der Waals surface area contributed by atoms with Gasteiger partial charge in [-0.05, 0) is 61.8 Å². The van der Waals surface area contributed by atoms with Crippen molar-refractivity contribution in [2.75, 3.05) is 43.2 Å². The van der Waals surface area contributed by atoms with Crippen LogP contribution in [0.15, 0.2) is 52.9 Å². The highest BCUT2D eigenvalue weighted by molar-refractivity contribution is 6.02. The van der Waals surface area contributed by atoms with E-state index in [-0.39, 0.29) is 17.2 Å². The SMILES string of the molecule is CN1C(=O)[C@H](NC(=O)c2nnc(C3(c4ccccc4)CC3)o2)CCc2ccc(N3CC4(CCOCC4)C3)cc21. The summed E-state index contributed by atoms with van der Waals surface area (Å²) < 4.78 is 11.4. The Balaban J connectivity index is 1.03. The number of rotatable bonds is 5. The van der Waals surface area contributed by atoms with E-state index in [1.165, 1.54) is 0 Å². The van der Waals surface area contributed by atoms with E-state index in [4.69, 9.17) is 9.15 Å². The molecule has 4 heterocycles. The van der Waals surface area contributed by atoms with Gasteiger partial charge in [-0.3, -0.25) is 9.59 Å². The fourth-order valence-corrected chi connectivity index (χ4v) is 6.49. The van der Waals surface area contributed by atoms with Crippen LogP contribution in [-0.4, -0.2) is 61.4 Å². The fraction of sp³-hybridized carbons (Fsp3) is 0.467. The average molecular weight is 528 g/mol. The molecule has 9 nitrogen and oxygen atoms in total. The Kier molecular flexibility index (Phi) is 5.73. The van der Waals surface area contributed by atoms with Gasteiger partial charge < -0.3 is 24.3 Å². The summed E-state index contributed by atoms with van der Waals surface area (Å²) in [5.41, 5.74) is 4.31. The van der Waals surface area contributed by atoms with Gasteiger partial charge in [0.25, 0.3) is 0 Å². The summed E-state index contributed by atoms with van der Waals surface area (Å²) in [7, 11) is 1.78. The van der Waals surface area contributed by atoms with Crippen LogP contribution in [0.5, 0.6) is 0 Å². The van der Waals surface area contributed by atoms with Crippen molar-refractivity contribution < 1.29 is 18.7 Å². The van der Waals surface area contributed by atoms with Gasteiger partial charge in [0.2, 0.25) is 11.8 Å². The van der Waals surface area contributed by atoms with Crippen LogP contribution >= 0.6 is 0 Å². The molecule has 1 N–H and O–H groups in total. The molecule has 1 atom stereocenters. The molecule has 3 aromatic rings. The van der Waals surface area contributed by atoms with Crippen molar-refractivity contribution in [1.29, 1.82) is 0 Å². The molecule has 2 amide bonds. The topological polar surface area (TPSA) is 101 Å². The zero-order valence-electron chi connectivity index (χ0n) is 22.2. The third kappa shape index (κ3) is 4.19. The number of aromatic nitrogens is 2. The van der Waals surface area contributed by atoms with E-state index in [0.717, 1.165) is 74.5 Å². The highest BCUT2D eigenvalue weighted by Gasteiger charge is 2.51. The van der Waals surface area contributed by atoms with Gasteiger partial charge in [-0.2, -0.15) is 0 Å². The van der Waals surface area contributed by atoms with Crippen molar-refractivity contribution in [3.05, 3.63) is 71.4 Å². The van der Waals surface area contributed by atoms with Crippen LogP contribution in [0.2, 0.25) is 0 Å². The van der Waals surface area contributed by atoms with Gasteiger partial charge in [0.15, 0.2) is 0 Å². The second-order valence-corrected chi connectivity index (χ2v) is 11.6. The van der Waals surface area contributed by atoms with Crippen LogP contribution in [-0.2, 0) is 21.4 Å². The van der Waals surface area contributed by atoms with Crippen LogP contribution in [0.4, 0.5) is 11.4 Å². The molecule has 1 spiro atoms. The predicted molar refractivity (Wildman–Crippen MR) is 145 cm³/mol. The number of amides is 2. The molecule has 202 valence electrons. The number of hydrogen-bond acceptors (Lipinski definition) is 7. The van der Waals surface area contributed by atoms with E-state index in [1.54, 1.807) is 11.9 Å². The lowest BCUT2D eigenvalue weighted by Gasteiger charge is -2.53. The van der Waals surface area contributed by atoms with Crippen LogP contribution in [0.25, 0.3) is 0 Å². The van der Waals surface area contributed by atoms with Gasteiger partial charge >= 0.3 is 11.8 Å². The number of benzene rings is 2. The average Bonchev–Trinajstić information content (AvgIpc) is 3.64. The minimum Gasteiger partial charge on any atom is -0.416 e. The van der Waals surface area contributed by atoms with Gasteiger partial charge in [0.05, 0.1) is 5.41 Å². The standard InChI is InChI=1S/C30H33N5O4/c1-34-24-17-22(35-18-29(19-35)13-15-38-16-14-29)9-7-20(24)8-10-23(27(34)37)31-25(36)26-32-33-28(39-26)30(11-12-30)21-5-3-2-4-6-21/h2-7,9,17,23H,8,10-16,18-19H2,1H3,(H,31,36)/t23-/m1/s1. The van der Waals surface area contributed by atoms with Crippen LogP contribution < -0.4 is 15.1 Å². The molecule has 1 saturated carbocycles. The van der Waals surface area contributed by atoms with Crippen molar-refractivity contribution in [3.63, 3.8) is 0 Å². The summed E-state index contributed by atoms with van der Waals surface area (Å²) >= 11 is 0. The van der Waals surface area contributed by atoms with Crippen molar-refractivity contribution >= 4 is 23.2 Å². The number of likely N-dealkylation sites (N-methyl/N-ethyl adjacent to an activating group) is 1. The highest BCUT2D eigenvalue weighted by atomic mass is 16.5. The van der Waals surface area contributed by atoms with Gasteiger partial charge in [-0.25, -0.2) is 0 Å². The zero-order chi connectivity index (χ0) is 26.6. The maximum Gasteiger partial charge on any atom is 0.309 e. The minimum absolute atomic E-state index is 0.105. The maximum atomic E-state index is 13.5. The van der Waals surface area contributed by atoms with E-state index in [9.17, 15) is 9.59 Å². The largest absolute Gasteiger partial charge is 0.416 e. The number of aryl methyl sites for hydroxylation is 1. The Bertz CT molecular complexity index is 1400. The molecule has 1 aliphatic carbocycles. The third-order valence-electron chi connectivity index (χ3n) is 9.14. The summed E-state index contributed by atoms with van der Waals surface area (Å²) in [4.78, 5) is 30.6. The maximum absolute atomic E-state index is 13.5. The number of fused-ring (bicyclic) bond motifs is 1. The Morgan fingerprint density at radius 3 is 2.54 bits per heavy atom. The zero-order valence-corrected chi connectivity index (χ0v) is 22.2. The first-order chi connectivity index (χ1) is 19.0. The lowest BCUT2D eigenvalue weighted by atomic mass is 9.73. The number of nitrogens with zero attached hydrogens (tertiary/aromatic N) is 4. The first kappa shape index (κ1) is 24.3. The normalized spacial score (nSPS) is 23.1. The second-order valence-electron chi connectivity index (χ2n) is 11.6. The molecule has 0 unspecified atom stereocenters. The minimum atomic E-state index is -0.674. The van der Waals surface area contributed by atoms with Crippen LogP contribution in [0, 0.1) is 5.41 Å². The molecule has 2 saturated heterocycles. The first-order valence-electron chi connectivity index (χ1n) is 13.9. The van der Waals surface area contributed by atoms with Gasteiger partial charge in [0.1, 0.15) is 6.04 Å². The molecule has 39 heavy (non-hydrogen) atoms. The molecule has 1 aromatic heterocycles. The number of hydrogen-bond donors (Lipinski definition) is 1. The fourth-order valence-electron chi connectivity index (χ4n) is 6.49. The molecule has 9 heteroatoms. The van der Waals surface area contributed by atoms with Crippen molar-refractivity contribution in [2.45, 2.75) is 50.0 Å². The molecule has 3 fully saturated rings. The van der Waals surface area contributed by atoms with Crippen molar-refractivity contribution in [1.82, 2.24) is 15.5 Å². The molecule has 2 aromatic carbocycles. The first-order valence-corrected chi connectivity index (χ1v) is 13.9. The van der Waals surface area contributed by atoms with Crippen LogP contribution in [0.3, 0.4) is 0 Å². The monoisotopic (exact) mass is 527 g/mol. The summed E-state index contributed by atoms with van der Waals surface area (Å²) in [6.45, 7) is 3.76. The Labute approximate surface area is 227 Å². The van der Waals surface area contributed by atoms with Gasteiger partial charge in [-0.1, -0.05) is 36.4 Å². The Hall–Kier alpha value is -3.72.